The molecule has 0 aliphatic carbocycles. The fourth-order valence-corrected chi connectivity index (χ4v) is 1.69. The van der Waals surface area contributed by atoms with Crippen LogP contribution in [0.4, 0.5) is 0 Å². The average Bonchev–Trinajstić information content (AvgIpc) is 2.38. The van der Waals surface area contributed by atoms with Gasteiger partial charge in [-0.1, -0.05) is 13.8 Å². The highest BCUT2D eigenvalue weighted by Crippen LogP contribution is 2.14. The summed E-state index contributed by atoms with van der Waals surface area (Å²) in [5.41, 5.74) is 2.45. The zero-order valence-corrected chi connectivity index (χ0v) is 10.3. The maximum atomic E-state index is 4.38. The minimum absolute atomic E-state index is 0.546. The first kappa shape index (κ1) is 11.7. The maximum Gasteiger partial charge on any atom is 0.128 e. The van der Waals surface area contributed by atoms with Gasteiger partial charge >= 0.3 is 0 Å². The van der Waals surface area contributed by atoms with Crippen LogP contribution in [0.15, 0.2) is 36.8 Å². The number of aromatic nitrogens is 3. The van der Waals surface area contributed by atoms with E-state index >= 15 is 0 Å². The van der Waals surface area contributed by atoms with Crippen LogP contribution in [-0.4, -0.2) is 15.0 Å². The lowest BCUT2D eigenvalue weighted by Gasteiger charge is -2.06. The highest BCUT2D eigenvalue weighted by Gasteiger charge is 2.02. The highest BCUT2D eigenvalue weighted by molar-refractivity contribution is 5.19. The van der Waals surface area contributed by atoms with Gasteiger partial charge in [-0.2, -0.15) is 0 Å². The van der Waals surface area contributed by atoms with Crippen LogP contribution in [0.5, 0.6) is 0 Å². The molecule has 2 aromatic rings. The molecule has 0 radical (unpaired) electrons. The third-order valence-corrected chi connectivity index (χ3v) is 2.73. The van der Waals surface area contributed by atoms with E-state index in [0.717, 1.165) is 24.4 Å². The molecule has 3 nitrogen and oxygen atoms in total. The van der Waals surface area contributed by atoms with E-state index < -0.39 is 0 Å². The Morgan fingerprint density at radius 3 is 2.47 bits per heavy atom. The molecule has 0 aromatic carbocycles. The molecular formula is C14H17N3. The molecule has 0 saturated heterocycles. The van der Waals surface area contributed by atoms with Gasteiger partial charge in [-0.05, 0) is 36.1 Å². The minimum Gasteiger partial charge on any atom is -0.261 e. The van der Waals surface area contributed by atoms with Gasteiger partial charge in [0, 0.05) is 30.7 Å². The number of hydrogen-bond acceptors (Lipinski definition) is 3. The van der Waals surface area contributed by atoms with Crippen molar-refractivity contribution in [2.45, 2.75) is 32.6 Å². The Labute approximate surface area is 102 Å². The average molecular weight is 227 g/mol. The summed E-state index contributed by atoms with van der Waals surface area (Å²) in [6.45, 7) is 4.39. The molecule has 0 aliphatic heterocycles. The molecule has 0 unspecified atom stereocenters. The van der Waals surface area contributed by atoms with Crippen LogP contribution in [0.2, 0.25) is 0 Å². The molecule has 0 saturated carbocycles. The van der Waals surface area contributed by atoms with Crippen molar-refractivity contribution in [3.05, 3.63) is 53.9 Å². The number of aryl methyl sites for hydroxylation is 2. The van der Waals surface area contributed by atoms with Crippen LogP contribution in [-0.2, 0) is 12.8 Å². The fourth-order valence-electron chi connectivity index (χ4n) is 1.69. The van der Waals surface area contributed by atoms with Crippen LogP contribution in [0.3, 0.4) is 0 Å². The molecular weight excluding hydrogens is 210 g/mol. The fraction of sp³-hybridized carbons (Fsp3) is 0.357. The van der Waals surface area contributed by atoms with Gasteiger partial charge in [0.15, 0.2) is 0 Å². The van der Waals surface area contributed by atoms with Gasteiger partial charge in [-0.25, -0.2) is 9.97 Å². The van der Waals surface area contributed by atoms with E-state index in [2.05, 4.69) is 40.9 Å². The summed E-state index contributed by atoms with van der Waals surface area (Å²) in [4.78, 5) is 12.8. The summed E-state index contributed by atoms with van der Waals surface area (Å²) in [5.74, 6) is 1.42. The first-order valence-electron chi connectivity index (χ1n) is 5.96. The van der Waals surface area contributed by atoms with Gasteiger partial charge in [-0.3, -0.25) is 4.98 Å². The minimum atomic E-state index is 0.546. The van der Waals surface area contributed by atoms with Crippen molar-refractivity contribution in [3.8, 4) is 0 Å². The molecule has 0 fully saturated rings. The summed E-state index contributed by atoms with van der Waals surface area (Å²) in [6, 6.07) is 6.09. The number of rotatable bonds is 4. The lowest BCUT2D eigenvalue weighted by atomic mass is 10.0. The second kappa shape index (κ2) is 5.53. The molecule has 0 bridgehead atoms. The van der Waals surface area contributed by atoms with Crippen LogP contribution in [0.1, 0.15) is 36.8 Å². The topological polar surface area (TPSA) is 38.7 Å². The largest absolute Gasteiger partial charge is 0.261 e. The van der Waals surface area contributed by atoms with Crippen LogP contribution >= 0.6 is 0 Å². The van der Waals surface area contributed by atoms with Crippen molar-refractivity contribution in [2.24, 2.45) is 0 Å². The molecule has 17 heavy (non-hydrogen) atoms. The Morgan fingerprint density at radius 1 is 1.00 bits per heavy atom. The number of pyridine rings is 1. The second-order valence-electron chi connectivity index (χ2n) is 4.40. The van der Waals surface area contributed by atoms with Crippen molar-refractivity contribution in [1.29, 1.82) is 0 Å². The zero-order valence-electron chi connectivity index (χ0n) is 10.3. The smallest absolute Gasteiger partial charge is 0.128 e. The van der Waals surface area contributed by atoms with Crippen molar-refractivity contribution >= 4 is 0 Å². The SMILES string of the molecule is CC(C)c1ccnc(CCc2ncccn2)c1. The third kappa shape index (κ3) is 3.34. The Morgan fingerprint density at radius 2 is 1.76 bits per heavy atom. The van der Waals surface area contributed by atoms with E-state index in [1.54, 1.807) is 12.4 Å². The van der Waals surface area contributed by atoms with Gasteiger partial charge in [0.25, 0.3) is 0 Å². The van der Waals surface area contributed by atoms with E-state index in [1.807, 2.05) is 12.3 Å². The standard InChI is InChI=1S/C14H17N3/c1-11(2)12-6-9-15-13(10-12)4-5-14-16-7-3-8-17-14/h3,6-11H,4-5H2,1-2H3. The molecule has 0 N–H and O–H groups in total. The maximum absolute atomic E-state index is 4.38. The summed E-state index contributed by atoms with van der Waals surface area (Å²) < 4.78 is 0. The molecule has 0 spiro atoms. The summed E-state index contributed by atoms with van der Waals surface area (Å²) in [5, 5.41) is 0. The highest BCUT2D eigenvalue weighted by atomic mass is 14.8. The third-order valence-electron chi connectivity index (χ3n) is 2.73. The van der Waals surface area contributed by atoms with Crippen LogP contribution in [0, 0.1) is 0 Å². The summed E-state index contributed by atoms with van der Waals surface area (Å²) in [6.07, 6.45) is 7.18. The molecule has 3 heteroatoms. The molecule has 2 aromatic heterocycles. The van der Waals surface area contributed by atoms with E-state index in [-0.39, 0.29) is 0 Å². The predicted octanol–water partition coefficient (Wildman–Crippen LogP) is 2.78. The second-order valence-corrected chi connectivity index (χ2v) is 4.40. The van der Waals surface area contributed by atoms with Crippen molar-refractivity contribution in [3.63, 3.8) is 0 Å². The number of nitrogens with zero attached hydrogens (tertiary/aromatic N) is 3. The van der Waals surface area contributed by atoms with E-state index in [1.165, 1.54) is 5.56 Å². The van der Waals surface area contributed by atoms with Crippen LogP contribution in [0.25, 0.3) is 0 Å². The predicted molar refractivity (Wildman–Crippen MR) is 67.8 cm³/mol. The Kier molecular flexibility index (Phi) is 3.81. The van der Waals surface area contributed by atoms with Gasteiger partial charge in [0.2, 0.25) is 0 Å². The summed E-state index contributed by atoms with van der Waals surface area (Å²) in [7, 11) is 0. The molecule has 0 amide bonds. The molecule has 88 valence electrons. The quantitative estimate of drug-likeness (QED) is 0.806. The lowest BCUT2D eigenvalue weighted by Crippen LogP contribution is -2.00. The Hall–Kier alpha value is -1.77. The zero-order chi connectivity index (χ0) is 12.1. The van der Waals surface area contributed by atoms with Crippen LogP contribution < -0.4 is 0 Å². The van der Waals surface area contributed by atoms with Crippen molar-refractivity contribution < 1.29 is 0 Å². The van der Waals surface area contributed by atoms with Crippen molar-refractivity contribution in [2.75, 3.05) is 0 Å². The van der Waals surface area contributed by atoms with Gasteiger partial charge in [0.1, 0.15) is 5.82 Å². The van der Waals surface area contributed by atoms with Gasteiger partial charge in [-0.15, -0.1) is 0 Å². The normalized spacial score (nSPS) is 10.8. The summed E-state index contributed by atoms with van der Waals surface area (Å²) >= 11 is 0. The molecule has 2 rings (SSSR count). The Bertz CT molecular complexity index is 466. The monoisotopic (exact) mass is 227 g/mol. The number of hydrogen-bond donors (Lipinski definition) is 0. The molecule has 2 heterocycles. The van der Waals surface area contributed by atoms with Gasteiger partial charge in [0.05, 0.1) is 0 Å². The lowest BCUT2D eigenvalue weighted by molar-refractivity contribution is 0.816. The Balaban J connectivity index is 2.02. The van der Waals surface area contributed by atoms with Gasteiger partial charge < -0.3 is 0 Å². The first-order valence-corrected chi connectivity index (χ1v) is 5.96. The van der Waals surface area contributed by atoms with Crippen molar-refractivity contribution in [1.82, 2.24) is 15.0 Å². The van der Waals surface area contributed by atoms with E-state index in [9.17, 15) is 0 Å². The molecule has 0 atom stereocenters. The first-order chi connectivity index (χ1) is 8.25. The van der Waals surface area contributed by atoms with E-state index in [0.29, 0.717) is 5.92 Å². The molecule has 0 aliphatic rings. The van der Waals surface area contributed by atoms with E-state index in [4.69, 9.17) is 0 Å².